The quantitative estimate of drug-likeness (QED) is 0.679. The number of carbonyl (C=O) groups is 1. The molecule has 1 amide bonds. The topological polar surface area (TPSA) is 63.9 Å². The number of rotatable bonds is 1. The summed E-state index contributed by atoms with van der Waals surface area (Å²) in [5, 5.41) is 0.487. The predicted molar refractivity (Wildman–Crippen MR) is 92.8 cm³/mol. The summed E-state index contributed by atoms with van der Waals surface area (Å²) >= 11 is 1.27. The molecule has 0 radical (unpaired) electrons. The predicted octanol–water partition coefficient (Wildman–Crippen LogP) is 2.16. The second-order valence-corrected chi connectivity index (χ2v) is 7.17. The number of carbonyl (C=O) groups excluding carboxylic acids is 1. The minimum absolute atomic E-state index is 0.0124. The maximum atomic E-state index is 12.8. The highest BCUT2D eigenvalue weighted by Gasteiger charge is 2.28. The van der Waals surface area contributed by atoms with Crippen LogP contribution in [0.5, 0.6) is 0 Å². The Labute approximate surface area is 142 Å². The van der Waals surface area contributed by atoms with Crippen LogP contribution in [0.3, 0.4) is 0 Å². The Hall–Kier alpha value is -2.25. The van der Waals surface area contributed by atoms with Crippen LogP contribution in [0.25, 0.3) is 15.9 Å². The van der Waals surface area contributed by atoms with E-state index >= 15 is 0 Å². The van der Waals surface area contributed by atoms with Gasteiger partial charge in [0, 0.05) is 19.3 Å². The molecular formula is C17H17N3O3S. The number of amides is 1. The minimum Gasteiger partial charge on any atom is -0.372 e. The number of fused-ring (bicyclic) bond motifs is 2. The van der Waals surface area contributed by atoms with Gasteiger partial charge < -0.3 is 9.64 Å². The van der Waals surface area contributed by atoms with Crippen molar-refractivity contribution in [3.63, 3.8) is 0 Å². The summed E-state index contributed by atoms with van der Waals surface area (Å²) < 4.78 is 7.18. The zero-order valence-electron chi connectivity index (χ0n) is 13.4. The molecule has 4 heterocycles. The molecule has 4 rings (SSSR count). The molecule has 1 aliphatic heterocycles. The molecule has 124 valence electrons. The zero-order chi connectivity index (χ0) is 16.8. The molecule has 2 atom stereocenters. The van der Waals surface area contributed by atoms with Crippen LogP contribution >= 0.6 is 11.3 Å². The van der Waals surface area contributed by atoms with Crippen LogP contribution < -0.4 is 5.56 Å². The number of pyridine rings is 1. The Morgan fingerprint density at radius 3 is 2.79 bits per heavy atom. The van der Waals surface area contributed by atoms with Crippen molar-refractivity contribution in [1.29, 1.82) is 0 Å². The molecule has 0 spiro atoms. The summed E-state index contributed by atoms with van der Waals surface area (Å²) in [5.41, 5.74) is 0.444. The summed E-state index contributed by atoms with van der Waals surface area (Å²) in [4.78, 5) is 32.8. The van der Waals surface area contributed by atoms with Crippen molar-refractivity contribution < 1.29 is 9.53 Å². The van der Waals surface area contributed by atoms with E-state index in [-0.39, 0.29) is 23.7 Å². The van der Waals surface area contributed by atoms with Gasteiger partial charge in [-0.2, -0.15) is 0 Å². The average molecular weight is 343 g/mol. The van der Waals surface area contributed by atoms with Crippen LogP contribution in [-0.4, -0.2) is 45.5 Å². The lowest BCUT2D eigenvalue weighted by Gasteiger charge is -2.35. The van der Waals surface area contributed by atoms with Crippen molar-refractivity contribution in [2.45, 2.75) is 26.1 Å². The molecule has 7 heteroatoms. The van der Waals surface area contributed by atoms with Crippen LogP contribution in [0.2, 0.25) is 0 Å². The van der Waals surface area contributed by atoms with E-state index in [0.717, 1.165) is 0 Å². The molecule has 0 bridgehead atoms. The number of hydrogen-bond acceptors (Lipinski definition) is 5. The van der Waals surface area contributed by atoms with Crippen molar-refractivity contribution in [3.05, 3.63) is 45.7 Å². The Balaban J connectivity index is 1.77. The second kappa shape index (κ2) is 5.68. The maximum Gasteiger partial charge on any atom is 0.266 e. The highest BCUT2D eigenvalue weighted by atomic mass is 32.1. The summed E-state index contributed by atoms with van der Waals surface area (Å²) in [7, 11) is 0. The number of aromatic nitrogens is 2. The molecule has 0 N–H and O–H groups in total. The van der Waals surface area contributed by atoms with Gasteiger partial charge in [-0.05, 0) is 32.0 Å². The Kier molecular flexibility index (Phi) is 3.62. The first-order chi connectivity index (χ1) is 11.5. The van der Waals surface area contributed by atoms with Crippen molar-refractivity contribution in [2.75, 3.05) is 13.1 Å². The lowest BCUT2D eigenvalue weighted by molar-refractivity contribution is -0.0585. The maximum absolute atomic E-state index is 12.8. The third-order valence-corrected chi connectivity index (χ3v) is 5.15. The Bertz CT molecular complexity index is 984. The van der Waals surface area contributed by atoms with Gasteiger partial charge in [0.15, 0.2) is 0 Å². The number of nitrogens with zero attached hydrogens (tertiary/aromatic N) is 3. The van der Waals surface area contributed by atoms with Crippen LogP contribution in [0.4, 0.5) is 0 Å². The first-order valence-corrected chi connectivity index (χ1v) is 8.70. The van der Waals surface area contributed by atoms with Crippen LogP contribution in [0.1, 0.15) is 23.5 Å². The van der Waals surface area contributed by atoms with Gasteiger partial charge in [0.25, 0.3) is 11.5 Å². The largest absolute Gasteiger partial charge is 0.372 e. The normalized spacial score (nSPS) is 21.5. The van der Waals surface area contributed by atoms with Crippen LogP contribution in [-0.2, 0) is 4.74 Å². The van der Waals surface area contributed by atoms with Gasteiger partial charge in [0.2, 0.25) is 0 Å². The molecule has 0 aliphatic carbocycles. The van der Waals surface area contributed by atoms with Crippen molar-refractivity contribution >= 4 is 33.1 Å². The van der Waals surface area contributed by atoms with Crippen molar-refractivity contribution in [1.82, 2.24) is 14.3 Å². The molecule has 6 nitrogen and oxygen atoms in total. The van der Waals surface area contributed by atoms with E-state index in [9.17, 15) is 9.59 Å². The first-order valence-electron chi connectivity index (χ1n) is 7.88. The molecule has 0 saturated carbocycles. The number of morpholine rings is 1. The monoisotopic (exact) mass is 343 g/mol. The zero-order valence-corrected chi connectivity index (χ0v) is 14.2. The molecule has 1 fully saturated rings. The average Bonchev–Trinajstić information content (AvgIpc) is 2.98. The number of thiophene rings is 1. The van der Waals surface area contributed by atoms with Gasteiger partial charge in [0.05, 0.1) is 22.5 Å². The third kappa shape index (κ3) is 2.50. The van der Waals surface area contributed by atoms with Gasteiger partial charge in [-0.3, -0.25) is 14.0 Å². The van der Waals surface area contributed by atoms with Gasteiger partial charge >= 0.3 is 0 Å². The summed E-state index contributed by atoms with van der Waals surface area (Å²) in [6.45, 7) is 5.04. The third-order valence-electron chi connectivity index (χ3n) is 4.13. The van der Waals surface area contributed by atoms with Gasteiger partial charge in [-0.15, -0.1) is 11.3 Å². The van der Waals surface area contributed by atoms with E-state index in [1.54, 1.807) is 29.3 Å². The van der Waals surface area contributed by atoms with Gasteiger partial charge in [-0.1, -0.05) is 6.07 Å². The summed E-state index contributed by atoms with van der Waals surface area (Å²) in [6, 6.07) is 7.08. The fraction of sp³-hybridized carbons (Fsp3) is 0.353. The van der Waals surface area contributed by atoms with E-state index in [1.165, 1.54) is 15.7 Å². The van der Waals surface area contributed by atoms with Crippen molar-refractivity contribution in [2.24, 2.45) is 0 Å². The molecule has 0 aromatic carbocycles. The lowest BCUT2D eigenvalue weighted by atomic mass is 10.2. The van der Waals surface area contributed by atoms with E-state index in [2.05, 4.69) is 4.98 Å². The fourth-order valence-electron chi connectivity index (χ4n) is 3.15. The molecular weight excluding hydrogens is 326 g/mol. The molecule has 0 unspecified atom stereocenters. The fourth-order valence-corrected chi connectivity index (χ4v) is 4.15. The smallest absolute Gasteiger partial charge is 0.266 e. The summed E-state index contributed by atoms with van der Waals surface area (Å²) in [6.07, 6.45) is 1.71. The van der Waals surface area contributed by atoms with Crippen LogP contribution in [0, 0.1) is 0 Å². The highest BCUT2D eigenvalue weighted by Crippen LogP contribution is 2.24. The SMILES string of the molecule is C[C@H]1CN(C(=O)c2cc3c(=O)n4ccccc4nc3s2)C[C@H](C)O1. The highest BCUT2D eigenvalue weighted by molar-refractivity contribution is 7.20. The standard InChI is InChI=1S/C17H17N3O3S/c1-10-8-19(9-11(2)23-10)17(22)13-7-12-15(24-13)18-14-5-3-4-6-20(14)16(12)21/h3-7,10-11H,8-9H2,1-2H3/t10-,11-/m0/s1. The van der Waals surface area contributed by atoms with E-state index in [0.29, 0.717) is 33.8 Å². The minimum atomic E-state index is -0.144. The molecule has 3 aromatic rings. The van der Waals surface area contributed by atoms with Gasteiger partial charge in [-0.25, -0.2) is 4.98 Å². The Morgan fingerprint density at radius 2 is 2.04 bits per heavy atom. The summed E-state index contributed by atoms with van der Waals surface area (Å²) in [5.74, 6) is -0.0616. The number of hydrogen-bond donors (Lipinski definition) is 0. The van der Waals surface area contributed by atoms with Crippen LogP contribution in [0.15, 0.2) is 35.3 Å². The Morgan fingerprint density at radius 1 is 1.29 bits per heavy atom. The molecule has 1 aliphatic rings. The second-order valence-electron chi connectivity index (χ2n) is 6.14. The first kappa shape index (κ1) is 15.3. The van der Waals surface area contributed by atoms with E-state index in [4.69, 9.17) is 4.74 Å². The molecule has 24 heavy (non-hydrogen) atoms. The van der Waals surface area contributed by atoms with E-state index < -0.39 is 0 Å². The lowest BCUT2D eigenvalue weighted by Crippen LogP contribution is -2.48. The van der Waals surface area contributed by atoms with Crippen molar-refractivity contribution in [3.8, 4) is 0 Å². The van der Waals surface area contributed by atoms with Gasteiger partial charge in [0.1, 0.15) is 10.5 Å². The number of ether oxygens (including phenoxy) is 1. The molecule has 1 saturated heterocycles. The van der Waals surface area contributed by atoms with E-state index in [1.807, 2.05) is 19.9 Å². The molecule has 3 aromatic heterocycles.